The fourth-order valence-corrected chi connectivity index (χ4v) is 1.52. The van der Waals surface area contributed by atoms with Crippen LogP contribution in [-0.4, -0.2) is 19.2 Å². The molecule has 0 aromatic heterocycles. The molecule has 0 radical (unpaired) electrons. The van der Waals surface area contributed by atoms with Crippen molar-refractivity contribution >= 4 is 13.8 Å². The maximum atomic E-state index is 11.4. The van der Waals surface area contributed by atoms with E-state index in [1.165, 1.54) is 0 Å². The highest BCUT2D eigenvalue weighted by atomic mass is 31.2. The van der Waals surface area contributed by atoms with Gasteiger partial charge in [0.25, 0.3) is 0 Å². The molecule has 0 bridgehead atoms. The molecule has 76 valence electrons. The van der Waals surface area contributed by atoms with Crippen LogP contribution >= 0.6 is 7.82 Å². The smallest absolute Gasteiger partial charge is 0.367 e. The molecule has 0 amide bonds. The van der Waals surface area contributed by atoms with Gasteiger partial charge in [0.15, 0.2) is 0 Å². The van der Waals surface area contributed by atoms with Gasteiger partial charge in [-0.15, -0.1) is 0 Å². The van der Waals surface area contributed by atoms with Crippen LogP contribution in [0.4, 0.5) is 0 Å². The summed E-state index contributed by atoms with van der Waals surface area (Å²) in [6.07, 6.45) is 0.526. The molecule has 0 aromatic carbocycles. The van der Waals surface area contributed by atoms with Gasteiger partial charge in [0.1, 0.15) is 0 Å². The van der Waals surface area contributed by atoms with Crippen molar-refractivity contribution in [1.82, 2.24) is 0 Å². The third-order valence-corrected chi connectivity index (χ3v) is 2.46. The van der Waals surface area contributed by atoms with Crippen molar-refractivity contribution in [3.05, 3.63) is 12.7 Å². The summed E-state index contributed by atoms with van der Waals surface area (Å²) in [6, 6.07) is 0. The highest BCUT2D eigenvalue weighted by molar-refractivity contribution is 7.49. The predicted molar refractivity (Wildman–Crippen MR) is 47.1 cm³/mol. The van der Waals surface area contributed by atoms with Gasteiger partial charge in [-0.2, -0.15) is 0 Å². The molecule has 0 aliphatic heterocycles. The van der Waals surface area contributed by atoms with Crippen molar-refractivity contribution in [2.24, 2.45) is 0 Å². The van der Waals surface area contributed by atoms with Crippen LogP contribution in [-0.2, 0) is 22.9 Å². The van der Waals surface area contributed by atoms with E-state index >= 15 is 0 Å². The highest BCUT2D eigenvalue weighted by Crippen LogP contribution is 2.49. The summed E-state index contributed by atoms with van der Waals surface area (Å²) >= 11 is 0. The summed E-state index contributed by atoms with van der Waals surface area (Å²) < 4.78 is 25.1. The van der Waals surface area contributed by atoms with Gasteiger partial charge in [0.05, 0.1) is 6.10 Å². The van der Waals surface area contributed by atoms with Gasteiger partial charge in [-0.05, 0) is 13.8 Å². The Morgan fingerprint density at radius 3 is 2.38 bits per heavy atom. The molecule has 0 saturated heterocycles. The fraction of sp³-hybridized carbons (Fsp3) is 0.571. The number of hydrogen-bond donors (Lipinski definition) is 0. The average molecular weight is 208 g/mol. The summed E-state index contributed by atoms with van der Waals surface area (Å²) in [6.45, 7) is 6.44. The Morgan fingerprint density at radius 1 is 1.54 bits per heavy atom. The van der Waals surface area contributed by atoms with E-state index in [1.807, 2.05) is 0 Å². The zero-order chi connectivity index (χ0) is 10.5. The van der Waals surface area contributed by atoms with Gasteiger partial charge in [-0.3, -0.25) is 9.05 Å². The van der Waals surface area contributed by atoms with Crippen molar-refractivity contribution in [2.75, 3.05) is 7.11 Å². The van der Waals surface area contributed by atoms with Gasteiger partial charge in [0.2, 0.25) is 0 Å². The van der Waals surface area contributed by atoms with Crippen molar-refractivity contribution in [3.8, 4) is 0 Å². The van der Waals surface area contributed by atoms with Crippen LogP contribution in [0.5, 0.6) is 0 Å². The molecule has 0 spiro atoms. The molecule has 0 saturated carbocycles. The predicted octanol–water partition coefficient (Wildman–Crippen LogP) is 1.90. The number of rotatable bonds is 5. The van der Waals surface area contributed by atoms with Crippen LogP contribution in [0.1, 0.15) is 13.8 Å². The van der Waals surface area contributed by atoms with E-state index in [-0.39, 0.29) is 6.10 Å². The first-order chi connectivity index (χ1) is 5.93. The van der Waals surface area contributed by atoms with Crippen molar-refractivity contribution in [3.63, 3.8) is 0 Å². The second-order valence-corrected chi connectivity index (χ2v) is 4.05. The van der Waals surface area contributed by atoms with Gasteiger partial charge in [-0.25, -0.2) is 9.36 Å². The molecule has 13 heavy (non-hydrogen) atoms. The molecule has 6 heteroatoms. The summed E-state index contributed by atoms with van der Waals surface area (Å²) in [5.74, 6) is -0.842. The van der Waals surface area contributed by atoms with Gasteiger partial charge < -0.3 is 4.52 Å². The van der Waals surface area contributed by atoms with E-state index in [2.05, 4.69) is 15.6 Å². The molecule has 1 unspecified atom stereocenters. The number of hydrogen-bond acceptors (Lipinski definition) is 5. The molecule has 5 nitrogen and oxygen atoms in total. The second kappa shape index (κ2) is 5.17. The maximum Gasteiger partial charge on any atom is 0.532 e. The number of carbonyl (C=O) groups is 1. The first-order valence-corrected chi connectivity index (χ1v) is 5.09. The Morgan fingerprint density at radius 2 is 2.08 bits per heavy atom. The molecule has 0 aliphatic carbocycles. The standard InChI is InChI=1S/C7H13O5P/c1-5-7(8)12-13(9,10-4)11-6(2)3/h5-6H,1H2,2-4H3. The first kappa shape index (κ1) is 12.4. The van der Waals surface area contributed by atoms with E-state index in [0.717, 1.165) is 13.2 Å². The minimum Gasteiger partial charge on any atom is -0.367 e. The summed E-state index contributed by atoms with van der Waals surface area (Å²) in [5, 5.41) is 0. The lowest BCUT2D eigenvalue weighted by atomic mass is 10.5. The summed E-state index contributed by atoms with van der Waals surface area (Å²) in [7, 11) is -2.61. The largest absolute Gasteiger partial charge is 0.532 e. The minimum absolute atomic E-state index is 0.358. The molecular formula is C7H13O5P. The van der Waals surface area contributed by atoms with Gasteiger partial charge >= 0.3 is 13.8 Å². The number of carbonyl (C=O) groups excluding carboxylic acids is 1. The van der Waals surface area contributed by atoms with Crippen molar-refractivity contribution in [2.45, 2.75) is 20.0 Å². The highest BCUT2D eigenvalue weighted by Gasteiger charge is 2.29. The maximum absolute atomic E-state index is 11.4. The third-order valence-electron chi connectivity index (χ3n) is 0.932. The molecule has 0 aromatic rings. The van der Waals surface area contributed by atoms with Crippen LogP contribution in [0.2, 0.25) is 0 Å². The van der Waals surface area contributed by atoms with Crippen LogP contribution in [0.25, 0.3) is 0 Å². The van der Waals surface area contributed by atoms with Crippen molar-refractivity contribution in [1.29, 1.82) is 0 Å². The Labute approximate surface area is 77.3 Å². The lowest BCUT2D eigenvalue weighted by Crippen LogP contribution is -2.07. The molecule has 0 aliphatic rings. The second-order valence-electron chi connectivity index (χ2n) is 2.40. The third kappa shape index (κ3) is 4.83. The first-order valence-electron chi connectivity index (χ1n) is 3.63. The fourth-order valence-electron chi connectivity index (χ4n) is 0.507. The monoisotopic (exact) mass is 208 g/mol. The van der Waals surface area contributed by atoms with Crippen LogP contribution in [0, 0.1) is 0 Å². The Bertz CT molecular complexity index is 235. The van der Waals surface area contributed by atoms with E-state index in [1.54, 1.807) is 13.8 Å². The lowest BCUT2D eigenvalue weighted by Gasteiger charge is -2.16. The lowest BCUT2D eigenvalue weighted by molar-refractivity contribution is -0.130. The molecule has 0 N–H and O–H groups in total. The Kier molecular flexibility index (Phi) is 4.91. The zero-order valence-corrected chi connectivity index (χ0v) is 8.74. The van der Waals surface area contributed by atoms with Crippen LogP contribution in [0.3, 0.4) is 0 Å². The molecule has 0 rings (SSSR count). The molecular weight excluding hydrogens is 195 g/mol. The Hall–Kier alpha value is -0.640. The normalized spacial score (nSPS) is 15.1. The number of phosphoric acid groups is 1. The van der Waals surface area contributed by atoms with Crippen LogP contribution < -0.4 is 0 Å². The molecule has 0 heterocycles. The van der Waals surface area contributed by atoms with E-state index in [0.29, 0.717) is 0 Å². The molecule has 0 fully saturated rings. The summed E-state index contributed by atoms with van der Waals surface area (Å²) in [5.41, 5.74) is 0. The van der Waals surface area contributed by atoms with E-state index < -0.39 is 13.8 Å². The van der Waals surface area contributed by atoms with E-state index in [4.69, 9.17) is 4.52 Å². The van der Waals surface area contributed by atoms with Crippen molar-refractivity contribution < 1.29 is 22.9 Å². The summed E-state index contributed by atoms with van der Waals surface area (Å²) in [4.78, 5) is 10.7. The van der Waals surface area contributed by atoms with Crippen LogP contribution in [0.15, 0.2) is 12.7 Å². The quantitative estimate of drug-likeness (QED) is 0.510. The minimum atomic E-state index is -3.75. The van der Waals surface area contributed by atoms with E-state index in [9.17, 15) is 9.36 Å². The van der Waals surface area contributed by atoms with Gasteiger partial charge in [-0.1, -0.05) is 6.58 Å². The molecule has 1 atom stereocenters. The SMILES string of the molecule is C=CC(=O)OP(=O)(OC)OC(C)C. The zero-order valence-electron chi connectivity index (χ0n) is 7.85. The topological polar surface area (TPSA) is 61.8 Å². The Balaban J connectivity index is 4.36. The average Bonchev–Trinajstić information content (AvgIpc) is 2.02. The number of phosphoric ester groups is 1. The van der Waals surface area contributed by atoms with Gasteiger partial charge in [0, 0.05) is 13.2 Å².